The quantitative estimate of drug-likeness (QED) is 0.781. The summed E-state index contributed by atoms with van der Waals surface area (Å²) in [7, 11) is 0. The summed E-state index contributed by atoms with van der Waals surface area (Å²) in [5, 5.41) is 2.72. The van der Waals surface area contributed by atoms with Gasteiger partial charge in [-0.3, -0.25) is 14.2 Å². The van der Waals surface area contributed by atoms with Crippen molar-refractivity contribution >= 4 is 28.4 Å². The van der Waals surface area contributed by atoms with Gasteiger partial charge in [0.05, 0.1) is 16.8 Å². The van der Waals surface area contributed by atoms with Gasteiger partial charge in [-0.1, -0.05) is 12.1 Å². The van der Waals surface area contributed by atoms with E-state index in [1.807, 2.05) is 0 Å². The van der Waals surface area contributed by atoms with Crippen LogP contribution in [-0.2, 0) is 0 Å². The maximum Gasteiger partial charge on any atom is 0.257 e. The SMILES string of the molecule is CC(=O)n1cc(C(=O)Nc2ccccc2F)c2cc(F)ccc21. The van der Waals surface area contributed by atoms with Crippen LogP contribution in [0, 0.1) is 11.6 Å². The van der Waals surface area contributed by atoms with E-state index in [2.05, 4.69) is 5.32 Å². The van der Waals surface area contributed by atoms with Crippen molar-refractivity contribution in [3.8, 4) is 0 Å². The molecule has 1 amide bonds. The summed E-state index contributed by atoms with van der Waals surface area (Å²) >= 11 is 0. The molecule has 0 unspecified atom stereocenters. The van der Waals surface area contributed by atoms with Crippen molar-refractivity contribution in [1.29, 1.82) is 0 Å². The molecule has 6 heteroatoms. The monoisotopic (exact) mass is 314 g/mol. The van der Waals surface area contributed by atoms with E-state index in [1.165, 1.54) is 54.1 Å². The molecule has 4 nitrogen and oxygen atoms in total. The van der Waals surface area contributed by atoms with Gasteiger partial charge in [-0.05, 0) is 30.3 Å². The molecule has 0 fully saturated rings. The van der Waals surface area contributed by atoms with Crippen LogP contribution in [-0.4, -0.2) is 16.4 Å². The summed E-state index contributed by atoms with van der Waals surface area (Å²) in [6, 6.07) is 9.52. The predicted molar refractivity (Wildman–Crippen MR) is 82.5 cm³/mol. The molecule has 0 spiro atoms. The number of carbonyl (C=O) groups excluding carboxylic acids is 2. The third kappa shape index (κ3) is 2.70. The van der Waals surface area contributed by atoms with Crippen LogP contribution in [0.2, 0.25) is 0 Å². The Hall–Kier alpha value is -3.02. The number of hydrogen-bond acceptors (Lipinski definition) is 2. The van der Waals surface area contributed by atoms with Crippen LogP contribution in [0.3, 0.4) is 0 Å². The zero-order chi connectivity index (χ0) is 16.6. The number of hydrogen-bond donors (Lipinski definition) is 1. The summed E-state index contributed by atoms with van der Waals surface area (Å²) in [4.78, 5) is 24.1. The minimum Gasteiger partial charge on any atom is -0.319 e. The van der Waals surface area contributed by atoms with E-state index in [-0.39, 0.29) is 22.5 Å². The molecule has 0 atom stereocenters. The highest BCUT2D eigenvalue weighted by Crippen LogP contribution is 2.24. The number of aromatic nitrogens is 1. The first-order valence-corrected chi connectivity index (χ1v) is 6.85. The van der Waals surface area contributed by atoms with E-state index < -0.39 is 17.5 Å². The number of nitrogens with zero attached hydrogens (tertiary/aromatic N) is 1. The second-order valence-corrected chi connectivity index (χ2v) is 5.03. The molecule has 0 aliphatic carbocycles. The first-order chi connectivity index (χ1) is 11.0. The van der Waals surface area contributed by atoms with Crippen LogP contribution in [0.1, 0.15) is 22.1 Å². The van der Waals surface area contributed by atoms with Crippen molar-refractivity contribution in [1.82, 2.24) is 4.57 Å². The Morgan fingerprint density at radius 2 is 1.83 bits per heavy atom. The molecule has 1 N–H and O–H groups in total. The van der Waals surface area contributed by atoms with Gasteiger partial charge >= 0.3 is 0 Å². The average molecular weight is 314 g/mol. The number of rotatable bonds is 2. The predicted octanol–water partition coefficient (Wildman–Crippen LogP) is 3.83. The molecule has 116 valence electrons. The fourth-order valence-corrected chi connectivity index (χ4v) is 2.40. The highest BCUT2D eigenvalue weighted by Gasteiger charge is 2.18. The zero-order valence-corrected chi connectivity index (χ0v) is 12.1. The topological polar surface area (TPSA) is 51.1 Å². The summed E-state index contributed by atoms with van der Waals surface area (Å²) in [5.41, 5.74) is 0.521. The Labute approximate surface area is 130 Å². The number of fused-ring (bicyclic) bond motifs is 1. The molecular formula is C17H12F2N2O2. The van der Waals surface area contributed by atoms with Crippen molar-refractivity contribution in [2.45, 2.75) is 6.92 Å². The molecule has 0 aliphatic heterocycles. The standard InChI is InChI=1S/C17H12F2N2O2/c1-10(22)21-9-13(12-8-11(18)6-7-16(12)21)17(23)20-15-5-3-2-4-14(15)19/h2-9H,1H3,(H,20,23). The lowest BCUT2D eigenvalue weighted by atomic mass is 10.1. The number of amides is 1. The highest BCUT2D eigenvalue weighted by atomic mass is 19.1. The van der Waals surface area contributed by atoms with Crippen molar-refractivity contribution in [2.24, 2.45) is 0 Å². The Kier molecular flexibility index (Phi) is 3.65. The third-order valence-electron chi connectivity index (χ3n) is 3.47. The van der Waals surface area contributed by atoms with Crippen LogP contribution in [0.25, 0.3) is 10.9 Å². The summed E-state index contributed by atoms with van der Waals surface area (Å²) in [6.07, 6.45) is 1.32. The maximum atomic E-state index is 13.6. The van der Waals surface area contributed by atoms with E-state index >= 15 is 0 Å². The van der Waals surface area contributed by atoms with Gasteiger partial charge in [-0.2, -0.15) is 0 Å². The van der Waals surface area contributed by atoms with Crippen molar-refractivity contribution in [3.05, 3.63) is 65.9 Å². The van der Waals surface area contributed by atoms with Crippen molar-refractivity contribution in [2.75, 3.05) is 5.32 Å². The largest absolute Gasteiger partial charge is 0.319 e. The minimum atomic E-state index is -0.620. The molecule has 0 bridgehead atoms. The number of nitrogens with one attached hydrogen (secondary N) is 1. The molecular weight excluding hydrogens is 302 g/mol. The fourth-order valence-electron chi connectivity index (χ4n) is 2.40. The van der Waals surface area contributed by atoms with Gasteiger partial charge in [0, 0.05) is 18.5 Å². The molecule has 23 heavy (non-hydrogen) atoms. The minimum absolute atomic E-state index is 0.0117. The van der Waals surface area contributed by atoms with Gasteiger partial charge in [-0.25, -0.2) is 8.78 Å². The Balaban J connectivity index is 2.08. The molecule has 0 aliphatic rings. The van der Waals surface area contributed by atoms with Crippen molar-refractivity contribution in [3.63, 3.8) is 0 Å². The van der Waals surface area contributed by atoms with E-state index in [1.54, 1.807) is 6.07 Å². The molecule has 0 saturated heterocycles. The number of benzene rings is 2. The van der Waals surface area contributed by atoms with E-state index in [9.17, 15) is 18.4 Å². The third-order valence-corrected chi connectivity index (χ3v) is 3.47. The molecule has 0 radical (unpaired) electrons. The Morgan fingerprint density at radius 3 is 2.52 bits per heavy atom. The lowest BCUT2D eigenvalue weighted by Gasteiger charge is -2.05. The van der Waals surface area contributed by atoms with Crippen LogP contribution < -0.4 is 5.32 Å². The molecule has 1 aromatic heterocycles. The highest BCUT2D eigenvalue weighted by molar-refractivity contribution is 6.14. The van der Waals surface area contributed by atoms with Gasteiger partial charge < -0.3 is 5.32 Å². The maximum absolute atomic E-state index is 13.6. The van der Waals surface area contributed by atoms with E-state index in [0.717, 1.165) is 0 Å². The second kappa shape index (κ2) is 5.64. The summed E-state index contributed by atoms with van der Waals surface area (Å²) < 4.78 is 28.4. The first-order valence-electron chi connectivity index (χ1n) is 6.85. The Morgan fingerprint density at radius 1 is 1.09 bits per heavy atom. The van der Waals surface area contributed by atoms with Crippen molar-refractivity contribution < 1.29 is 18.4 Å². The lowest BCUT2D eigenvalue weighted by Crippen LogP contribution is -2.13. The zero-order valence-electron chi connectivity index (χ0n) is 12.1. The van der Waals surface area contributed by atoms with Gasteiger partial charge in [0.15, 0.2) is 0 Å². The summed E-state index contributed by atoms with van der Waals surface area (Å²) in [6.45, 7) is 1.33. The Bertz CT molecular complexity index is 931. The van der Waals surface area contributed by atoms with Gasteiger partial charge in [0.1, 0.15) is 11.6 Å². The molecule has 3 rings (SSSR count). The average Bonchev–Trinajstić information content (AvgIpc) is 2.88. The lowest BCUT2D eigenvalue weighted by molar-refractivity contribution is 0.0941. The normalized spacial score (nSPS) is 10.7. The number of carbonyl (C=O) groups is 2. The first kappa shape index (κ1) is 14.9. The molecule has 0 saturated carbocycles. The summed E-state index contributed by atoms with van der Waals surface area (Å²) in [5.74, 6) is -2.04. The fraction of sp³-hybridized carbons (Fsp3) is 0.0588. The molecule has 3 aromatic rings. The van der Waals surface area contributed by atoms with Gasteiger partial charge in [0.2, 0.25) is 5.91 Å². The van der Waals surface area contributed by atoms with Gasteiger partial charge in [-0.15, -0.1) is 0 Å². The number of para-hydroxylation sites is 1. The molecule has 1 heterocycles. The smallest absolute Gasteiger partial charge is 0.257 e. The van der Waals surface area contributed by atoms with Crippen LogP contribution in [0.15, 0.2) is 48.7 Å². The van der Waals surface area contributed by atoms with Crippen LogP contribution in [0.5, 0.6) is 0 Å². The molecule has 2 aromatic carbocycles. The number of anilines is 1. The van der Waals surface area contributed by atoms with E-state index in [4.69, 9.17) is 0 Å². The second-order valence-electron chi connectivity index (χ2n) is 5.03. The number of halogens is 2. The van der Waals surface area contributed by atoms with E-state index in [0.29, 0.717) is 5.52 Å². The van der Waals surface area contributed by atoms with Crippen LogP contribution >= 0.6 is 0 Å². The van der Waals surface area contributed by atoms with Gasteiger partial charge in [0.25, 0.3) is 5.91 Å². The van der Waals surface area contributed by atoms with Crippen LogP contribution in [0.4, 0.5) is 14.5 Å².